The maximum Gasteiger partial charge on any atom is 0.317 e. The van der Waals surface area contributed by atoms with Crippen LogP contribution in [0.4, 0.5) is 20.1 Å². The lowest BCUT2D eigenvalue weighted by Crippen LogP contribution is -2.52. The van der Waals surface area contributed by atoms with Crippen LogP contribution in [0.25, 0.3) is 16.2 Å². The molecule has 2 N–H and O–H groups in total. The fourth-order valence-corrected chi connectivity index (χ4v) is 5.47. The van der Waals surface area contributed by atoms with Gasteiger partial charge in [-0.1, -0.05) is 31.1 Å². The van der Waals surface area contributed by atoms with E-state index in [0.29, 0.717) is 25.7 Å². The smallest absolute Gasteiger partial charge is 0.317 e. The summed E-state index contributed by atoms with van der Waals surface area (Å²) in [4.78, 5) is 22.0. The van der Waals surface area contributed by atoms with Gasteiger partial charge < -0.3 is 20.4 Å². The molecule has 0 atom stereocenters. The summed E-state index contributed by atoms with van der Waals surface area (Å²) in [6.45, 7) is 5.58. The Morgan fingerprint density at radius 3 is 2.58 bits per heavy atom. The number of rotatable bonds is 6. The summed E-state index contributed by atoms with van der Waals surface area (Å²) in [6, 6.07) is 6.89. The Morgan fingerprint density at radius 1 is 1.15 bits per heavy atom. The van der Waals surface area contributed by atoms with Gasteiger partial charge in [0.1, 0.15) is 11.5 Å². The summed E-state index contributed by atoms with van der Waals surface area (Å²) >= 11 is 1.55. The second-order valence-corrected chi connectivity index (χ2v) is 9.66. The van der Waals surface area contributed by atoms with Gasteiger partial charge in [-0.2, -0.15) is 4.52 Å². The van der Waals surface area contributed by atoms with Gasteiger partial charge in [-0.3, -0.25) is 0 Å². The first-order valence-electron chi connectivity index (χ1n) is 11.8. The normalized spacial score (nSPS) is 17.2. The highest BCUT2D eigenvalue weighted by Crippen LogP contribution is 2.35. The third-order valence-corrected chi connectivity index (χ3v) is 7.34. The van der Waals surface area contributed by atoms with Crippen LogP contribution in [0.3, 0.4) is 0 Å². The second-order valence-electron chi connectivity index (χ2n) is 8.73. The van der Waals surface area contributed by atoms with E-state index in [0.717, 1.165) is 59.5 Å². The number of fused-ring (bicyclic) bond motifs is 1. The first kappa shape index (κ1) is 21.9. The lowest BCUT2D eigenvalue weighted by atomic mass is 10.1. The van der Waals surface area contributed by atoms with E-state index < -0.39 is 0 Å². The number of urea groups is 1. The molecule has 176 valence electrons. The van der Waals surface area contributed by atoms with Crippen molar-refractivity contribution in [1.82, 2.24) is 24.8 Å². The first-order valence-corrected chi connectivity index (χ1v) is 12.6. The number of halogens is 1. The van der Waals surface area contributed by atoms with E-state index in [1.807, 2.05) is 16.3 Å². The van der Waals surface area contributed by atoms with Crippen LogP contribution in [0.2, 0.25) is 0 Å². The zero-order valence-electron chi connectivity index (χ0n) is 18.9. The molecule has 2 aliphatic rings. The molecule has 3 aromatic rings. The predicted molar refractivity (Wildman–Crippen MR) is 130 cm³/mol. The molecule has 33 heavy (non-hydrogen) atoms. The molecule has 0 bridgehead atoms. The number of hydrogen-bond donors (Lipinski definition) is 2. The van der Waals surface area contributed by atoms with E-state index in [-0.39, 0.29) is 11.8 Å². The number of amides is 2. The summed E-state index contributed by atoms with van der Waals surface area (Å²) in [5.41, 5.74) is 1.69. The molecule has 10 heteroatoms. The van der Waals surface area contributed by atoms with Crippen molar-refractivity contribution < 1.29 is 9.18 Å². The van der Waals surface area contributed by atoms with Crippen molar-refractivity contribution in [1.29, 1.82) is 0 Å². The first-order chi connectivity index (χ1) is 16.1. The highest BCUT2D eigenvalue weighted by Gasteiger charge is 2.26. The van der Waals surface area contributed by atoms with Crippen molar-refractivity contribution in [2.24, 2.45) is 0 Å². The van der Waals surface area contributed by atoms with Crippen LogP contribution in [0.5, 0.6) is 0 Å². The highest BCUT2D eigenvalue weighted by atomic mass is 32.1. The number of aromatic nitrogens is 3. The van der Waals surface area contributed by atoms with Crippen molar-refractivity contribution in [3.05, 3.63) is 30.1 Å². The summed E-state index contributed by atoms with van der Waals surface area (Å²) < 4.78 is 15.4. The van der Waals surface area contributed by atoms with Crippen molar-refractivity contribution in [3.8, 4) is 11.3 Å². The number of anilines is 2. The van der Waals surface area contributed by atoms with E-state index in [9.17, 15) is 9.18 Å². The Labute approximate surface area is 196 Å². The highest BCUT2D eigenvalue weighted by molar-refractivity contribution is 7.20. The van der Waals surface area contributed by atoms with Gasteiger partial charge in [-0.15, -0.1) is 5.10 Å². The van der Waals surface area contributed by atoms with Crippen LogP contribution >= 0.6 is 11.3 Å². The minimum atomic E-state index is -0.256. The number of hydrogen-bond acceptors (Lipinski definition) is 6. The van der Waals surface area contributed by atoms with Gasteiger partial charge in [0.2, 0.25) is 10.1 Å². The van der Waals surface area contributed by atoms with E-state index in [2.05, 4.69) is 15.5 Å². The molecule has 0 unspecified atom stereocenters. The summed E-state index contributed by atoms with van der Waals surface area (Å²) in [6.07, 6.45) is 5.65. The molecule has 0 spiro atoms. The molecule has 1 aliphatic heterocycles. The molecule has 3 heterocycles. The van der Waals surface area contributed by atoms with Crippen molar-refractivity contribution in [2.45, 2.75) is 45.1 Å². The Hall–Kier alpha value is -2.88. The molecule has 2 aromatic heterocycles. The minimum Gasteiger partial charge on any atom is -0.365 e. The fourth-order valence-electron chi connectivity index (χ4n) is 4.51. The SMILES string of the molecule is CCCNC(=O)N1CCN(c2nn3c(NC4CCCC4)c(-c4ccc(F)cc4)nc3s2)CC1. The van der Waals surface area contributed by atoms with Crippen LogP contribution in [0.1, 0.15) is 39.0 Å². The van der Waals surface area contributed by atoms with Gasteiger partial charge in [0.15, 0.2) is 5.82 Å². The number of carbonyl (C=O) groups excluding carboxylic acids is 1. The predicted octanol–water partition coefficient (Wildman–Crippen LogP) is 4.19. The van der Waals surface area contributed by atoms with Crippen molar-refractivity contribution in [3.63, 3.8) is 0 Å². The van der Waals surface area contributed by atoms with Crippen LogP contribution < -0.4 is 15.5 Å². The maximum atomic E-state index is 13.5. The van der Waals surface area contributed by atoms with Crippen molar-refractivity contribution in [2.75, 3.05) is 42.9 Å². The molecule has 1 saturated carbocycles. The second kappa shape index (κ2) is 9.54. The topological polar surface area (TPSA) is 77.8 Å². The van der Waals surface area contributed by atoms with Gasteiger partial charge in [-0.05, 0) is 43.5 Å². The molecular formula is C23H30FN7OS. The summed E-state index contributed by atoms with van der Waals surface area (Å²) in [7, 11) is 0. The van der Waals surface area contributed by atoms with E-state index in [4.69, 9.17) is 10.1 Å². The van der Waals surface area contributed by atoms with E-state index in [1.54, 1.807) is 23.5 Å². The van der Waals surface area contributed by atoms with Crippen LogP contribution in [0.15, 0.2) is 24.3 Å². The number of carbonyl (C=O) groups is 1. The lowest BCUT2D eigenvalue weighted by Gasteiger charge is -2.34. The summed E-state index contributed by atoms with van der Waals surface area (Å²) in [5.74, 6) is 0.622. The van der Waals surface area contributed by atoms with Crippen molar-refractivity contribution >= 4 is 33.3 Å². The lowest BCUT2D eigenvalue weighted by molar-refractivity contribution is 0.194. The molecule has 8 nitrogen and oxygen atoms in total. The van der Waals surface area contributed by atoms with Crippen LogP contribution in [-0.4, -0.2) is 64.3 Å². The Balaban J connectivity index is 1.38. The van der Waals surface area contributed by atoms with Crippen LogP contribution in [0, 0.1) is 5.82 Å². The third-order valence-electron chi connectivity index (χ3n) is 6.37. The molecule has 1 saturated heterocycles. The maximum absolute atomic E-state index is 13.5. The monoisotopic (exact) mass is 471 g/mol. The standard InChI is InChI=1S/C23H30FN7OS/c1-2-11-25-21(32)29-12-14-30(15-13-29)23-28-31-20(26-18-5-3-4-6-18)19(27-22(31)33-23)16-7-9-17(24)10-8-16/h7-10,18,26H,2-6,11-15H2,1H3,(H,25,32). The Morgan fingerprint density at radius 2 is 1.88 bits per heavy atom. The van der Waals surface area contributed by atoms with Gasteiger partial charge in [0.25, 0.3) is 0 Å². The number of benzene rings is 1. The molecule has 2 amide bonds. The van der Waals surface area contributed by atoms with Gasteiger partial charge in [0.05, 0.1) is 0 Å². The molecule has 1 aliphatic carbocycles. The van der Waals surface area contributed by atoms with Gasteiger partial charge in [-0.25, -0.2) is 14.2 Å². The average Bonchev–Trinajstić information content (AvgIpc) is 3.56. The number of imidazole rings is 1. The molecular weight excluding hydrogens is 441 g/mol. The molecule has 0 radical (unpaired) electrons. The molecule has 1 aromatic carbocycles. The van der Waals surface area contributed by atoms with Crippen LogP contribution in [-0.2, 0) is 0 Å². The largest absolute Gasteiger partial charge is 0.365 e. The Bertz CT molecular complexity index is 1100. The Kier molecular flexibility index (Phi) is 6.34. The quantitative estimate of drug-likeness (QED) is 0.564. The number of piperazine rings is 1. The molecule has 2 fully saturated rings. The minimum absolute atomic E-state index is 0.0115. The zero-order valence-corrected chi connectivity index (χ0v) is 19.7. The van der Waals surface area contributed by atoms with Gasteiger partial charge in [0, 0.05) is 44.3 Å². The fraction of sp³-hybridized carbons (Fsp3) is 0.522. The third kappa shape index (κ3) is 4.62. The summed E-state index contributed by atoms with van der Waals surface area (Å²) in [5, 5.41) is 12.4. The molecule has 5 rings (SSSR count). The van der Waals surface area contributed by atoms with E-state index in [1.165, 1.54) is 25.0 Å². The van der Waals surface area contributed by atoms with E-state index >= 15 is 0 Å². The zero-order chi connectivity index (χ0) is 22.8. The average molecular weight is 472 g/mol. The number of nitrogens with zero attached hydrogens (tertiary/aromatic N) is 5. The number of nitrogens with one attached hydrogen (secondary N) is 2. The van der Waals surface area contributed by atoms with Gasteiger partial charge >= 0.3 is 6.03 Å².